The Morgan fingerprint density at radius 3 is 2.74 bits per heavy atom. The zero-order chi connectivity index (χ0) is 13.7. The number of nitrogens with one attached hydrogen (secondary N) is 2. The highest BCUT2D eigenvalue weighted by atomic mass is 79.9. The van der Waals surface area contributed by atoms with Crippen LogP contribution in [0.25, 0.3) is 0 Å². The van der Waals surface area contributed by atoms with Crippen LogP contribution in [0.4, 0.5) is 0 Å². The molecule has 0 bridgehead atoms. The third-order valence-electron chi connectivity index (χ3n) is 3.20. The van der Waals surface area contributed by atoms with Gasteiger partial charge in [-0.3, -0.25) is 4.79 Å². The quantitative estimate of drug-likeness (QED) is 0.834. The van der Waals surface area contributed by atoms with Gasteiger partial charge in [0.15, 0.2) is 0 Å². The third-order valence-corrected chi connectivity index (χ3v) is 4.90. The van der Waals surface area contributed by atoms with E-state index in [9.17, 15) is 4.79 Å². The topological polar surface area (TPSA) is 41.1 Å². The smallest absolute Gasteiger partial charge is 0.230 e. The summed E-state index contributed by atoms with van der Waals surface area (Å²) in [7, 11) is 0. The maximum Gasteiger partial charge on any atom is 0.230 e. The summed E-state index contributed by atoms with van der Waals surface area (Å²) in [6.45, 7) is 4.22. The fourth-order valence-electron chi connectivity index (χ4n) is 1.90. The first-order chi connectivity index (χ1) is 9.15. The normalized spacial score (nSPS) is 16.7. The fourth-order valence-corrected chi connectivity index (χ4v) is 3.12. The lowest BCUT2D eigenvalue weighted by Gasteiger charge is -2.26. The molecule has 2 N–H and O–H groups in total. The molecule has 1 saturated heterocycles. The molecule has 19 heavy (non-hydrogen) atoms. The van der Waals surface area contributed by atoms with Crippen molar-refractivity contribution in [1.29, 1.82) is 0 Å². The maximum absolute atomic E-state index is 11.8. The van der Waals surface area contributed by atoms with Gasteiger partial charge in [0.1, 0.15) is 0 Å². The summed E-state index contributed by atoms with van der Waals surface area (Å²) in [6.07, 6.45) is 0. The van der Waals surface area contributed by atoms with E-state index in [1.54, 1.807) is 11.8 Å². The average molecular weight is 343 g/mol. The summed E-state index contributed by atoms with van der Waals surface area (Å²) in [5.41, 5.74) is 1.13. The van der Waals surface area contributed by atoms with Gasteiger partial charge < -0.3 is 10.6 Å². The van der Waals surface area contributed by atoms with Crippen molar-refractivity contribution < 1.29 is 4.79 Å². The van der Waals surface area contributed by atoms with E-state index in [0.717, 1.165) is 34.8 Å². The minimum atomic E-state index is 0.0616. The molecule has 1 aromatic carbocycles. The fraction of sp³-hybridized carbons (Fsp3) is 0.500. The van der Waals surface area contributed by atoms with Gasteiger partial charge in [0.25, 0.3) is 0 Å². The number of amides is 1. The second-order valence-corrected chi connectivity index (χ2v) is 6.83. The predicted octanol–water partition coefficient (Wildman–Crippen LogP) is 2.58. The number of hydrogen-bond acceptors (Lipinski definition) is 3. The van der Waals surface area contributed by atoms with Crippen LogP contribution >= 0.6 is 27.7 Å². The van der Waals surface area contributed by atoms with Gasteiger partial charge in [0, 0.05) is 4.47 Å². The zero-order valence-electron chi connectivity index (χ0n) is 11.0. The van der Waals surface area contributed by atoms with Crippen molar-refractivity contribution in [2.24, 2.45) is 5.92 Å². The molecule has 0 spiro atoms. The van der Waals surface area contributed by atoms with E-state index in [1.165, 1.54) is 0 Å². The zero-order valence-corrected chi connectivity index (χ0v) is 13.4. The molecule has 1 heterocycles. The number of thioether (sulfide) groups is 1. The van der Waals surface area contributed by atoms with E-state index in [4.69, 9.17) is 0 Å². The van der Waals surface area contributed by atoms with Gasteiger partial charge in [-0.25, -0.2) is 0 Å². The van der Waals surface area contributed by atoms with Crippen molar-refractivity contribution in [3.05, 3.63) is 34.3 Å². The Hall–Kier alpha value is -0.520. The van der Waals surface area contributed by atoms with E-state index in [-0.39, 0.29) is 11.9 Å². The molecule has 0 aliphatic carbocycles. The van der Waals surface area contributed by atoms with Crippen LogP contribution in [-0.2, 0) is 4.79 Å². The first kappa shape index (κ1) is 14.9. The standard InChI is InChI=1S/C14H19BrN2OS/c1-10(12-2-4-13(15)5-3-12)17-14(18)9-19-8-11-6-16-7-11/h2-5,10-11,16H,6-9H2,1H3,(H,17,18). The predicted molar refractivity (Wildman–Crippen MR) is 84.4 cm³/mol. The highest BCUT2D eigenvalue weighted by Crippen LogP contribution is 2.17. The molecule has 1 unspecified atom stereocenters. The van der Waals surface area contributed by atoms with Crippen molar-refractivity contribution in [2.45, 2.75) is 13.0 Å². The number of carbonyl (C=O) groups is 1. The Morgan fingerprint density at radius 1 is 1.47 bits per heavy atom. The van der Waals surface area contributed by atoms with E-state index < -0.39 is 0 Å². The average Bonchev–Trinajstić information content (AvgIpc) is 2.33. The van der Waals surface area contributed by atoms with E-state index in [0.29, 0.717) is 5.75 Å². The Bertz CT molecular complexity index is 420. The van der Waals surface area contributed by atoms with E-state index in [1.807, 2.05) is 31.2 Å². The van der Waals surface area contributed by atoms with Crippen molar-refractivity contribution >= 4 is 33.6 Å². The van der Waals surface area contributed by atoms with Crippen LogP contribution in [0.5, 0.6) is 0 Å². The molecule has 0 saturated carbocycles. The molecule has 1 aromatic rings. The van der Waals surface area contributed by atoms with Gasteiger partial charge in [-0.05, 0) is 49.4 Å². The van der Waals surface area contributed by atoms with Gasteiger partial charge >= 0.3 is 0 Å². The Kier molecular flexibility index (Phi) is 5.73. The molecule has 5 heteroatoms. The summed E-state index contributed by atoms with van der Waals surface area (Å²) >= 11 is 5.14. The number of carbonyl (C=O) groups excluding carboxylic acids is 1. The van der Waals surface area contributed by atoms with Crippen LogP contribution in [0.2, 0.25) is 0 Å². The van der Waals surface area contributed by atoms with E-state index >= 15 is 0 Å². The van der Waals surface area contributed by atoms with E-state index in [2.05, 4.69) is 26.6 Å². The minimum Gasteiger partial charge on any atom is -0.349 e. The third kappa shape index (κ3) is 4.82. The van der Waals surface area contributed by atoms with Gasteiger partial charge in [-0.2, -0.15) is 11.8 Å². The monoisotopic (exact) mass is 342 g/mol. The molecule has 1 fully saturated rings. The lowest BCUT2D eigenvalue weighted by Crippen LogP contribution is -2.43. The van der Waals surface area contributed by atoms with Crippen LogP contribution in [0, 0.1) is 5.92 Å². The largest absolute Gasteiger partial charge is 0.349 e. The van der Waals surface area contributed by atoms with Crippen LogP contribution in [0.15, 0.2) is 28.7 Å². The van der Waals surface area contributed by atoms with Crippen molar-refractivity contribution in [1.82, 2.24) is 10.6 Å². The van der Waals surface area contributed by atoms with Crippen molar-refractivity contribution in [3.63, 3.8) is 0 Å². The molecule has 0 aromatic heterocycles. The summed E-state index contributed by atoms with van der Waals surface area (Å²) in [5.74, 6) is 2.50. The molecule has 1 aliphatic heterocycles. The van der Waals surface area contributed by atoms with Gasteiger partial charge in [0.05, 0.1) is 11.8 Å². The summed E-state index contributed by atoms with van der Waals surface area (Å²) in [4.78, 5) is 11.8. The highest BCUT2D eigenvalue weighted by molar-refractivity contribution is 9.10. The molecule has 1 atom stereocenters. The highest BCUT2D eigenvalue weighted by Gasteiger charge is 2.17. The molecule has 1 amide bonds. The molecule has 3 nitrogen and oxygen atoms in total. The SMILES string of the molecule is CC(NC(=O)CSCC1CNC1)c1ccc(Br)cc1. The first-order valence-electron chi connectivity index (χ1n) is 6.48. The number of halogens is 1. The molecule has 0 radical (unpaired) electrons. The number of rotatable bonds is 6. The van der Waals surface area contributed by atoms with Gasteiger partial charge in [-0.1, -0.05) is 28.1 Å². The second kappa shape index (κ2) is 7.31. The Labute approximate surface area is 127 Å². The summed E-state index contributed by atoms with van der Waals surface area (Å²) in [6, 6.07) is 8.11. The first-order valence-corrected chi connectivity index (χ1v) is 8.43. The van der Waals surface area contributed by atoms with Crippen LogP contribution < -0.4 is 10.6 Å². The lowest BCUT2D eigenvalue weighted by atomic mass is 10.1. The molecular formula is C14H19BrN2OS. The van der Waals surface area contributed by atoms with Crippen molar-refractivity contribution in [3.8, 4) is 0 Å². The van der Waals surface area contributed by atoms with Gasteiger partial charge in [0.2, 0.25) is 5.91 Å². The second-order valence-electron chi connectivity index (χ2n) is 4.88. The number of hydrogen-bond donors (Lipinski definition) is 2. The van der Waals surface area contributed by atoms with Crippen LogP contribution in [0.1, 0.15) is 18.5 Å². The molecule has 2 rings (SSSR count). The molecule has 1 aliphatic rings. The molecule has 104 valence electrons. The molecular weight excluding hydrogens is 324 g/mol. The Balaban J connectivity index is 1.70. The lowest BCUT2D eigenvalue weighted by molar-refractivity contribution is -0.119. The van der Waals surface area contributed by atoms with Crippen molar-refractivity contribution in [2.75, 3.05) is 24.6 Å². The maximum atomic E-state index is 11.8. The minimum absolute atomic E-state index is 0.0616. The van der Waals surface area contributed by atoms with Gasteiger partial charge in [-0.15, -0.1) is 0 Å². The van der Waals surface area contributed by atoms with Crippen LogP contribution in [-0.4, -0.2) is 30.5 Å². The Morgan fingerprint density at radius 2 is 2.16 bits per heavy atom. The summed E-state index contributed by atoms with van der Waals surface area (Å²) in [5, 5.41) is 6.27. The van der Waals surface area contributed by atoms with Crippen LogP contribution in [0.3, 0.4) is 0 Å². The summed E-state index contributed by atoms with van der Waals surface area (Å²) < 4.78 is 1.06. The number of benzene rings is 1.